The molecule has 0 aliphatic carbocycles. The molecule has 0 aliphatic rings. The SMILES string of the molecule is CCOC(=O)c1ccc(-c2ccc(CN[C@H](C)[C@@H](O)c3ccccc3)o2)cc1. The Hall–Kier alpha value is -2.89. The van der Waals surface area contributed by atoms with Crippen LogP contribution in [-0.4, -0.2) is 23.7 Å². The summed E-state index contributed by atoms with van der Waals surface area (Å²) in [5.74, 6) is 1.17. The Labute approximate surface area is 165 Å². The zero-order valence-corrected chi connectivity index (χ0v) is 16.1. The van der Waals surface area contributed by atoms with Crippen LogP contribution in [0.4, 0.5) is 0 Å². The summed E-state index contributed by atoms with van der Waals surface area (Å²) >= 11 is 0. The molecule has 0 unspecified atom stereocenters. The molecular formula is C23H25NO4. The zero-order chi connectivity index (χ0) is 19.9. The van der Waals surface area contributed by atoms with Gasteiger partial charge >= 0.3 is 5.97 Å². The van der Waals surface area contributed by atoms with E-state index in [2.05, 4.69) is 5.32 Å². The van der Waals surface area contributed by atoms with Crippen LogP contribution in [0.2, 0.25) is 0 Å². The van der Waals surface area contributed by atoms with E-state index in [0.717, 1.165) is 22.6 Å². The van der Waals surface area contributed by atoms with Crippen molar-refractivity contribution in [2.24, 2.45) is 0 Å². The highest BCUT2D eigenvalue weighted by atomic mass is 16.5. The predicted octanol–water partition coefficient (Wildman–Crippen LogP) is 4.34. The molecule has 28 heavy (non-hydrogen) atoms. The number of esters is 1. The van der Waals surface area contributed by atoms with Gasteiger partial charge in [0, 0.05) is 11.6 Å². The lowest BCUT2D eigenvalue weighted by Crippen LogP contribution is -2.31. The van der Waals surface area contributed by atoms with E-state index < -0.39 is 6.10 Å². The Morgan fingerprint density at radius 1 is 1.07 bits per heavy atom. The van der Waals surface area contributed by atoms with Crippen LogP contribution in [0.15, 0.2) is 71.1 Å². The maximum absolute atomic E-state index is 11.7. The summed E-state index contributed by atoms with van der Waals surface area (Å²) in [6.07, 6.45) is -0.592. The summed E-state index contributed by atoms with van der Waals surface area (Å²) < 4.78 is 10.9. The monoisotopic (exact) mass is 379 g/mol. The first-order valence-corrected chi connectivity index (χ1v) is 9.41. The molecule has 0 fully saturated rings. The molecule has 5 heteroatoms. The molecule has 2 N–H and O–H groups in total. The molecule has 2 atom stereocenters. The van der Waals surface area contributed by atoms with Gasteiger partial charge in [-0.05, 0) is 43.7 Å². The fourth-order valence-corrected chi connectivity index (χ4v) is 2.93. The second-order valence-electron chi connectivity index (χ2n) is 6.59. The molecule has 0 saturated heterocycles. The molecule has 146 valence electrons. The topological polar surface area (TPSA) is 71.7 Å². The van der Waals surface area contributed by atoms with Gasteiger partial charge in [0.25, 0.3) is 0 Å². The van der Waals surface area contributed by atoms with E-state index in [-0.39, 0.29) is 12.0 Å². The standard InChI is InChI=1S/C23H25NO4/c1-3-27-23(26)19-11-9-17(10-12-19)21-14-13-20(28-21)15-24-16(2)22(25)18-7-5-4-6-8-18/h4-14,16,22,24-25H,3,15H2,1-2H3/t16-,22-/m1/s1. The summed E-state index contributed by atoms with van der Waals surface area (Å²) in [5, 5.41) is 13.7. The minimum Gasteiger partial charge on any atom is -0.462 e. The number of benzene rings is 2. The van der Waals surface area contributed by atoms with Crippen LogP contribution >= 0.6 is 0 Å². The third kappa shape index (κ3) is 4.88. The summed E-state index contributed by atoms with van der Waals surface area (Å²) in [6.45, 7) is 4.58. The molecule has 0 bridgehead atoms. The number of carbonyl (C=O) groups is 1. The van der Waals surface area contributed by atoms with Crippen LogP contribution in [-0.2, 0) is 11.3 Å². The molecule has 3 rings (SSSR count). The first kappa shape index (κ1) is 19.9. The average molecular weight is 379 g/mol. The van der Waals surface area contributed by atoms with Crippen LogP contribution in [0.3, 0.4) is 0 Å². The van der Waals surface area contributed by atoms with Crippen molar-refractivity contribution in [3.63, 3.8) is 0 Å². The van der Waals surface area contributed by atoms with Crippen molar-refractivity contribution in [2.45, 2.75) is 32.5 Å². The van der Waals surface area contributed by atoms with E-state index in [4.69, 9.17) is 9.15 Å². The third-order valence-electron chi connectivity index (χ3n) is 4.56. The van der Waals surface area contributed by atoms with E-state index in [1.165, 1.54) is 0 Å². The number of hydrogen-bond donors (Lipinski definition) is 2. The van der Waals surface area contributed by atoms with Gasteiger partial charge in [-0.3, -0.25) is 0 Å². The molecule has 1 heterocycles. The largest absolute Gasteiger partial charge is 0.462 e. The number of aliphatic hydroxyl groups is 1. The Morgan fingerprint density at radius 3 is 2.46 bits per heavy atom. The van der Waals surface area contributed by atoms with Crippen LogP contribution in [0, 0.1) is 0 Å². The van der Waals surface area contributed by atoms with Crippen molar-refractivity contribution in [1.82, 2.24) is 5.32 Å². The first-order chi connectivity index (χ1) is 13.6. The van der Waals surface area contributed by atoms with Gasteiger partial charge in [0.2, 0.25) is 0 Å². The highest BCUT2D eigenvalue weighted by molar-refractivity contribution is 5.89. The summed E-state index contributed by atoms with van der Waals surface area (Å²) in [5.41, 5.74) is 2.28. The molecule has 0 radical (unpaired) electrons. The zero-order valence-electron chi connectivity index (χ0n) is 16.1. The number of hydrogen-bond acceptors (Lipinski definition) is 5. The lowest BCUT2D eigenvalue weighted by Gasteiger charge is -2.20. The van der Waals surface area contributed by atoms with E-state index in [1.54, 1.807) is 19.1 Å². The van der Waals surface area contributed by atoms with Crippen LogP contribution in [0.1, 0.15) is 41.6 Å². The van der Waals surface area contributed by atoms with Gasteiger partial charge in [0.15, 0.2) is 0 Å². The molecule has 0 aliphatic heterocycles. The van der Waals surface area contributed by atoms with Crippen molar-refractivity contribution >= 4 is 5.97 Å². The lowest BCUT2D eigenvalue weighted by molar-refractivity contribution is 0.0526. The number of aliphatic hydroxyl groups excluding tert-OH is 1. The minimum atomic E-state index is -0.592. The van der Waals surface area contributed by atoms with E-state index in [0.29, 0.717) is 18.7 Å². The summed E-state index contributed by atoms with van der Waals surface area (Å²) in [7, 11) is 0. The van der Waals surface area contributed by atoms with Gasteiger partial charge in [-0.2, -0.15) is 0 Å². The van der Waals surface area contributed by atoms with Gasteiger partial charge in [0.05, 0.1) is 24.8 Å². The summed E-state index contributed by atoms with van der Waals surface area (Å²) in [4.78, 5) is 11.7. The van der Waals surface area contributed by atoms with E-state index in [9.17, 15) is 9.90 Å². The molecule has 2 aromatic carbocycles. The Balaban J connectivity index is 1.59. The second kappa shape index (κ2) is 9.35. The molecule has 5 nitrogen and oxygen atoms in total. The van der Waals surface area contributed by atoms with Crippen LogP contribution in [0.5, 0.6) is 0 Å². The van der Waals surface area contributed by atoms with Gasteiger partial charge in [-0.1, -0.05) is 42.5 Å². The average Bonchev–Trinajstić information content (AvgIpc) is 3.21. The number of carbonyl (C=O) groups excluding carboxylic acids is 1. The number of ether oxygens (including phenoxy) is 1. The number of rotatable bonds is 8. The van der Waals surface area contributed by atoms with Gasteiger partial charge < -0.3 is 19.6 Å². The Kier molecular flexibility index (Phi) is 6.63. The van der Waals surface area contributed by atoms with Gasteiger partial charge in [-0.15, -0.1) is 0 Å². The molecule has 0 saturated carbocycles. The van der Waals surface area contributed by atoms with Crippen molar-refractivity contribution in [3.05, 3.63) is 83.6 Å². The number of furan rings is 1. The van der Waals surface area contributed by atoms with Crippen LogP contribution < -0.4 is 5.32 Å². The van der Waals surface area contributed by atoms with E-state index in [1.807, 2.05) is 61.5 Å². The molecule has 3 aromatic rings. The maximum Gasteiger partial charge on any atom is 0.338 e. The highest BCUT2D eigenvalue weighted by Crippen LogP contribution is 2.23. The Morgan fingerprint density at radius 2 is 1.79 bits per heavy atom. The fraction of sp³-hybridized carbons (Fsp3) is 0.261. The summed E-state index contributed by atoms with van der Waals surface area (Å²) in [6, 6.07) is 20.4. The third-order valence-corrected chi connectivity index (χ3v) is 4.56. The molecule has 0 amide bonds. The maximum atomic E-state index is 11.7. The van der Waals surface area contributed by atoms with Gasteiger partial charge in [0.1, 0.15) is 11.5 Å². The van der Waals surface area contributed by atoms with E-state index >= 15 is 0 Å². The van der Waals surface area contributed by atoms with Crippen LogP contribution in [0.25, 0.3) is 11.3 Å². The van der Waals surface area contributed by atoms with Crippen molar-refractivity contribution in [1.29, 1.82) is 0 Å². The van der Waals surface area contributed by atoms with Gasteiger partial charge in [-0.25, -0.2) is 4.79 Å². The quantitative estimate of drug-likeness (QED) is 0.570. The molecular weight excluding hydrogens is 354 g/mol. The predicted molar refractivity (Wildman–Crippen MR) is 108 cm³/mol. The molecule has 0 spiro atoms. The minimum absolute atomic E-state index is 0.125. The second-order valence-corrected chi connectivity index (χ2v) is 6.59. The number of nitrogens with one attached hydrogen (secondary N) is 1. The van der Waals surface area contributed by atoms with Crippen molar-refractivity contribution < 1.29 is 19.1 Å². The molecule has 1 aromatic heterocycles. The van der Waals surface area contributed by atoms with Crippen molar-refractivity contribution in [3.8, 4) is 11.3 Å². The Bertz CT molecular complexity index is 886. The normalized spacial score (nSPS) is 13.1. The van der Waals surface area contributed by atoms with Crippen molar-refractivity contribution in [2.75, 3.05) is 6.61 Å². The lowest BCUT2D eigenvalue weighted by atomic mass is 10.0. The smallest absolute Gasteiger partial charge is 0.338 e. The highest BCUT2D eigenvalue weighted by Gasteiger charge is 2.16. The fourth-order valence-electron chi connectivity index (χ4n) is 2.93. The first-order valence-electron chi connectivity index (χ1n) is 9.41.